The van der Waals surface area contributed by atoms with Gasteiger partial charge in [-0.2, -0.15) is 0 Å². The Morgan fingerprint density at radius 1 is 1.19 bits per heavy atom. The highest BCUT2D eigenvalue weighted by Gasteiger charge is 2.20. The Morgan fingerprint density at radius 2 is 1.95 bits per heavy atom. The normalized spacial score (nSPS) is 14.7. The van der Waals surface area contributed by atoms with Crippen molar-refractivity contribution in [1.82, 2.24) is 15.8 Å². The lowest BCUT2D eigenvalue weighted by Crippen LogP contribution is -2.48. The van der Waals surface area contributed by atoms with E-state index in [-0.39, 0.29) is 18.0 Å². The molecule has 0 aromatic heterocycles. The Morgan fingerprint density at radius 3 is 2.67 bits per heavy atom. The molecular weight excluding hydrogens is 294 g/mol. The highest BCUT2D eigenvalue weighted by atomic mass is 35.5. The number of rotatable bonds is 3. The quantitative estimate of drug-likeness (QED) is 0.821. The zero-order valence-corrected chi connectivity index (χ0v) is 12.2. The lowest BCUT2D eigenvalue weighted by molar-refractivity contribution is -0.138. The fourth-order valence-electron chi connectivity index (χ4n) is 2.08. The average molecular weight is 310 g/mol. The van der Waals surface area contributed by atoms with E-state index in [1.165, 1.54) is 4.90 Å². The maximum absolute atomic E-state index is 11.8. The second-order valence-corrected chi connectivity index (χ2v) is 5.16. The Hall–Kier alpha value is -2.08. The summed E-state index contributed by atoms with van der Waals surface area (Å²) in [6.07, 6.45) is 2.23. The van der Waals surface area contributed by atoms with Gasteiger partial charge in [-0.05, 0) is 25.0 Å². The fourth-order valence-corrected chi connectivity index (χ4v) is 2.30. The molecule has 6 nitrogen and oxygen atoms in total. The number of carbonyl (C=O) groups is 3. The van der Waals surface area contributed by atoms with E-state index in [9.17, 15) is 14.4 Å². The number of piperidine rings is 1. The number of nitrogens with one attached hydrogen (secondary N) is 2. The summed E-state index contributed by atoms with van der Waals surface area (Å²) in [6, 6.07) is 6.53. The van der Waals surface area contributed by atoms with Crippen LogP contribution in [0.2, 0.25) is 5.02 Å². The zero-order chi connectivity index (χ0) is 15.2. The van der Waals surface area contributed by atoms with Crippen LogP contribution in [-0.4, -0.2) is 35.7 Å². The molecular formula is C14H16ClN3O3. The van der Waals surface area contributed by atoms with Gasteiger partial charge < -0.3 is 4.90 Å². The maximum atomic E-state index is 11.8. The molecule has 1 aliphatic rings. The minimum absolute atomic E-state index is 0.0335. The number of carbonyl (C=O) groups excluding carboxylic acids is 3. The Kier molecular flexibility index (Phi) is 5.16. The predicted octanol–water partition coefficient (Wildman–Crippen LogP) is 1.11. The number of likely N-dealkylation sites (tertiary alicyclic amines) is 1. The summed E-state index contributed by atoms with van der Waals surface area (Å²) in [5.74, 6) is -0.974. The second kappa shape index (κ2) is 7.08. The van der Waals surface area contributed by atoms with E-state index in [0.29, 0.717) is 18.0 Å². The van der Waals surface area contributed by atoms with Crippen molar-refractivity contribution < 1.29 is 14.4 Å². The van der Waals surface area contributed by atoms with Crippen molar-refractivity contribution in [2.24, 2.45) is 0 Å². The molecule has 1 aliphatic heterocycles. The van der Waals surface area contributed by atoms with Crippen LogP contribution < -0.4 is 10.9 Å². The van der Waals surface area contributed by atoms with Gasteiger partial charge >= 0.3 is 0 Å². The first-order valence-electron chi connectivity index (χ1n) is 6.69. The first kappa shape index (κ1) is 15.3. The van der Waals surface area contributed by atoms with E-state index in [1.54, 1.807) is 24.3 Å². The number of halogens is 1. The third-order valence-electron chi connectivity index (χ3n) is 3.19. The standard InChI is InChI=1S/C14H16ClN3O3/c15-11-6-2-1-5-10(11)14(21)17-16-12(19)9-18-8-4-3-7-13(18)20/h1-2,5-6H,3-4,7-9H2,(H,16,19)(H,17,21). The van der Waals surface area contributed by atoms with Crippen LogP contribution in [0, 0.1) is 0 Å². The number of amides is 3. The molecule has 112 valence electrons. The van der Waals surface area contributed by atoms with Crippen LogP contribution in [0.25, 0.3) is 0 Å². The third-order valence-corrected chi connectivity index (χ3v) is 3.52. The van der Waals surface area contributed by atoms with E-state index in [1.807, 2.05) is 0 Å². The van der Waals surface area contributed by atoms with E-state index >= 15 is 0 Å². The number of benzene rings is 1. The second-order valence-electron chi connectivity index (χ2n) is 4.75. The molecule has 7 heteroatoms. The van der Waals surface area contributed by atoms with Crippen LogP contribution in [0.1, 0.15) is 29.6 Å². The molecule has 21 heavy (non-hydrogen) atoms. The van der Waals surface area contributed by atoms with Gasteiger partial charge in [-0.3, -0.25) is 25.2 Å². The van der Waals surface area contributed by atoms with Gasteiger partial charge in [0.1, 0.15) is 6.54 Å². The number of hydrazine groups is 1. The Balaban J connectivity index is 1.82. The summed E-state index contributed by atoms with van der Waals surface area (Å²) in [7, 11) is 0. The van der Waals surface area contributed by atoms with Gasteiger partial charge in [0.2, 0.25) is 5.91 Å². The van der Waals surface area contributed by atoms with Crippen LogP contribution in [0.4, 0.5) is 0 Å². The van der Waals surface area contributed by atoms with Gasteiger partial charge in [0.05, 0.1) is 10.6 Å². The monoisotopic (exact) mass is 309 g/mol. The van der Waals surface area contributed by atoms with E-state index in [0.717, 1.165) is 12.8 Å². The molecule has 0 saturated carbocycles. The average Bonchev–Trinajstić information content (AvgIpc) is 2.48. The van der Waals surface area contributed by atoms with Gasteiger partial charge in [0.15, 0.2) is 0 Å². The third kappa shape index (κ3) is 4.19. The maximum Gasteiger partial charge on any atom is 0.271 e. The number of hydrogen-bond acceptors (Lipinski definition) is 3. The first-order valence-corrected chi connectivity index (χ1v) is 7.07. The molecule has 0 aliphatic carbocycles. The Bertz CT molecular complexity index is 562. The molecule has 1 fully saturated rings. The van der Waals surface area contributed by atoms with Crippen LogP contribution in [0.15, 0.2) is 24.3 Å². The molecule has 2 rings (SSSR count). The molecule has 3 amide bonds. The molecule has 1 aromatic rings. The highest BCUT2D eigenvalue weighted by Crippen LogP contribution is 2.14. The van der Waals surface area contributed by atoms with Gasteiger partial charge in [0, 0.05) is 13.0 Å². The summed E-state index contributed by atoms with van der Waals surface area (Å²) in [5, 5.41) is 0.301. The SMILES string of the molecule is O=C(CN1CCCCC1=O)NNC(=O)c1ccccc1Cl. The summed E-state index contributed by atoms with van der Waals surface area (Å²) in [6.45, 7) is 0.520. The van der Waals surface area contributed by atoms with E-state index in [4.69, 9.17) is 11.6 Å². The molecule has 1 saturated heterocycles. The van der Waals surface area contributed by atoms with Gasteiger partial charge in [0.25, 0.3) is 11.8 Å². The van der Waals surface area contributed by atoms with E-state index in [2.05, 4.69) is 10.9 Å². The van der Waals surface area contributed by atoms with Gasteiger partial charge in [-0.1, -0.05) is 23.7 Å². The first-order chi connectivity index (χ1) is 10.1. The van der Waals surface area contributed by atoms with Crippen molar-refractivity contribution in [3.63, 3.8) is 0 Å². The molecule has 0 spiro atoms. The van der Waals surface area contributed by atoms with Crippen LogP contribution in [0.5, 0.6) is 0 Å². The molecule has 0 bridgehead atoms. The topological polar surface area (TPSA) is 78.5 Å². The number of nitrogens with zero attached hydrogens (tertiary/aromatic N) is 1. The molecule has 1 heterocycles. The van der Waals surface area contributed by atoms with E-state index < -0.39 is 11.8 Å². The van der Waals surface area contributed by atoms with Crippen LogP contribution >= 0.6 is 11.6 Å². The fraction of sp³-hybridized carbons (Fsp3) is 0.357. The molecule has 0 radical (unpaired) electrons. The van der Waals surface area contributed by atoms with Crippen molar-refractivity contribution in [2.75, 3.05) is 13.1 Å². The summed E-state index contributed by atoms with van der Waals surface area (Å²) in [4.78, 5) is 36.6. The molecule has 2 N–H and O–H groups in total. The number of hydrogen-bond donors (Lipinski definition) is 2. The van der Waals surface area contributed by atoms with Gasteiger partial charge in [-0.25, -0.2) is 0 Å². The largest absolute Gasteiger partial charge is 0.333 e. The van der Waals surface area contributed by atoms with Crippen molar-refractivity contribution in [2.45, 2.75) is 19.3 Å². The lowest BCUT2D eigenvalue weighted by atomic mass is 10.1. The summed E-state index contributed by atoms with van der Waals surface area (Å²) in [5.41, 5.74) is 4.84. The predicted molar refractivity (Wildman–Crippen MR) is 77.5 cm³/mol. The van der Waals surface area contributed by atoms with Crippen molar-refractivity contribution in [1.29, 1.82) is 0 Å². The van der Waals surface area contributed by atoms with Crippen molar-refractivity contribution in [3.8, 4) is 0 Å². The molecule has 0 unspecified atom stereocenters. The molecule has 0 atom stereocenters. The minimum atomic E-state index is -0.501. The lowest BCUT2D eigenvalue weighted by Gasteiger charge is -2.25. The summed E-state index contributed by atoms with van der Waals surface area (Å²) >= 11 is 5.88. The molecule has 1 aromatic carbocycles. The van der Waals surface area contributed by atoms with Crippen molar-refractivity contribution in [3.05, 3.63) is 34.9 Å². The van der Waals surface area contributed by atoms with Crippen molar-refractivity contribution >= 4 is 29.3 Å². The zero-order valence-electron chi connectivity index (χ0n) is 11.4. The van der Waals surface area contributed by atoms with Crippen LogP contribution in [0.3, 0.4) is 0 Å². The summed E-state index contributed by atoms with van der Waals surface area (Å²) < 4.78 is 0. The minimum Gasteiger partial charge on any atom is -0.333 e. The van der Waals surface area contributed by atoms with Crippen LogP contribution in [-0.2, 0) is 9.59 Å². The van der Waals surface area contributed by atoms with Gasteiger partial charge in [-0.15, -0.1) is 0 Å². The smallest absolute Gasteiger partial charge is 0.271 e. The Labute approximate surface area is 127 Å². The highest BCUT2D eigenvalue weighted by molar-refractivity contribution is 6.33.